The van der Waals surface area contributed by atoms with Gasteiger partial charge in [-0.25, -0.2) is 14.2 Å². The first-order chi connectivity index (χ1) is 11.5. The molecule has 3 heterocycles. The molecule has 0 bridgehead atoms. The molecule has 1 saturated heterocycles. The molecule has 24 heavy (non-hydrogen) atoms. The highest BCUT2D eigenvalue weighted by Crippen LogP contribution is 2.37. The lowest BCUT2D eigenvalue weighted by Gasteiger charge is -2.41. The monoisotopic (exact) mass is 332 g/mol. The number of carboxylic acids is 1. The molecule has 2 aromatic rings. The van der Waals surface area contributed by atoms with Gasteiger partial charge in [-0.2, -0.15) is 0 Å². The van der Waals surface area contributed by atoms with Crippen molar-refractivity contribution in [3.8, 4) is 0 Å². The van der Waals surface area contributed by atoms with Crippen molar-refractivity contribution in [3.05, 3.63) is 33.9 Å². The predicted octanol–water partition coefficient (Wildman–Crippen LogP) is 1.11. The molecule has 0 aromatic carbocycles. The average Bonchev–Trinajstić information content (AvgIpc) is 3.33. The van der Waals surface area contributed by atoms with Crippen LogP contribution in [0.15, 0.2) is 17.1 Å². The molecule has 0 amide bonds. The maximum Gasteiger partial charge on any atom is 0.341 e. The minimum Gasteiger partial charge on any atom is -0.477 e. The second-order valence-electron chi connectivity index (χ2n) is 6.35. The summed E-state index contributed by atoms with van der Waals surface area (Å²) in [6.45, 7) is 1.07. The Hall–Kier alpha value is -2.48. The van der Waals surface area contributed by atoms with Crippen LogP contribution in [0.3, 0.4) is 0 Å². The summed E-state index contributed by atoms with van der Waals surface area (Å²) in [5.41, 5.74) is 4.96. The zero-order chi connectivity index (χ0) is 17.0. The van der Waals surface area contributed by atoms with Gasteiger partial charge in [0.2, 0.25) is 5.43 Å². The number of fused-ring (bicyclic) bond motifs is 1. The van der Waals surface area contributed by atoms with Gasteiger partial charge >= 0.3 is 5.97 Å². The van der Waals surface area contributed by atoms with Gasteiger partial charge < -0.3 is 20.3 Å². The van der Waals surface area contributed by atoms with Crippen LogP contribution in [0.1, 0.15) is 35.7 Å². The van der Waals surface area contributed by atoms with Gasteiger partial charge in [-0.1, -0.05) is 0 Å². The maximum atomic E-state index is 14.5. The van der Waals surface area contributed by atoms with Gasteiger partial charge in [0.15, 0.2) is 11.6 Å². The molecule has 0 radical (unpaired) electrons. The highest BCUT2D eigenvalue weighted by molar-refractivity contribution is 5.92. The molecule has 126 valence electrons. The standard InChI is InChI=1S/C16H17FN4O3/c17-12-5-10-13(22)11(16(23)24)7-21(8-1-2-8)14(10)19-15(12)20-4-3-9(20)6-18/h5,7-9H,1-4,6,18H2,(H,23,24). The summed E-state index contributed by atoms with van der Waals surface area (Å²) in [6, 6.07) is 1.26. The van der Waals surface area contributed by atoms with Gasteiger partial charge in [0.05, 0.1) is 5.39 Å². The molecule has 4 rings (SSSR count). The number of carbonyl (C=O) groups is 1. The molecule has 7 nitrogen and oxygen atoms in total. The van der Waals surface area contributed by atoms with E-state index < -0.39 is 17.2 Å². The van der Waals surface area contributed by atoms with Gasteiger partial charge in [0.1, 0.15) is 11.2 Å². The van der Waals surface area contributed by atoms with Crippen molar-refractivity contribution in [2.24, 2.45) is 5.73 Å². The third-order valence-electron chi connectivity index (χ3n) is 4.80. The van der Waals surface area contributed by atoms with E-state index in [9.17, 15) is 19.1 Å². The van der Waals surface area contributed by atoms with Crippen LogP contribution >= 0.6 is 0 Å². The molecule has 1 unspecified atom stereocenters. The molecule has 8 heteroatoms. The summed E-state index contributed by atoms with van der Waals surface area (Å²) in [7, 11) is 0. The molecular weight excluding hydrogens is 315 g/mol. The Labute approximate surface area is 136 Å². The molecule has 2 aliphatic rings. The van der Waals surface area contributed by atoms with Gasteiger partial charge in [-0.3, -0.25) is 4.79 Å². The van der Waals surface area contributed by atoms with E-state index in [4.69, 9.17) is 5.73 Å². The largest absolute Gasteiger partial charge is 0.477 e. The second-order valence-corrected chi connectivity index (χ2v) is 6.35. The van der Waals surface area contributed by atoms with Crippen LogP contribution in [0.2, 0.25) is 0 Å². The minimum absolute atomic E-state index is 0.00729. The highest BCUT2D eigenvalue weighted by atomic mass is 19.1. The van der Waals surface area contributed by atoms with Gasteiger partial charge in [-0.15, -0.1) is 0 Å². The third-order valence-corrected chi connectivity index (χ3v) is 4.80. The van der Waals surface area contributed by atoms with Crippen LogP contribution in [0.5, 0.6) is 0 Å². The van der Waals surface area contributed by atoms with Crippen molar-refractivity contribution < 1.29 is 14.3 Å². The Bertz CT molecular complexity index is 904. The second kappa shape index (κ2) is 5.27. The Kier molecular flexibility index (Phi) is 3.31. The van der Waals surface area contributed by atoms with E-state index in [1.165, 1.54) is 6.20 Å². The smallest absolute Gasteiger partial charge is 0.341 e. The molecule has 1 aliphatic carbocycles. The number of nitrogens with zero attached hydrogens (tertiary/aromatic N) is 3. The number of nitrogens with two attached hydrogens (primary N) is 1. The summed E-state index contributed by atoms with van der Waals surface area (Å²) in [5.74, 6) is -1.75. The summed E-state index contributed by atoms with van der Waals surface area (Å²) in [6.07, 6.45) is 3.99. The normalized spacial score (nSPS) is 20.2. The number of anilines is 1. The van der Waals surface area contributed by atoms with Crippen LogP contribution in [-0.4, -0.2) is 39.8 Å². The molecule has 3 N–H and O–H groups in total. The van der Waals surface area contributed by atoms with Crippen LogP contribution < -0.4 is 16.1 Å². The first-order valence-electron chi connectivity index (χ1n) is 7.96. The van der Waals surface area contributed by atoms with Crippen LogP contribution in [-0.2, 0) is 0 Å². The van der Waals surface area contributed by atoms with E-state index in [1.807, 2.05) is 0 Å². The van der Waals surface area contributed by atoms with Crippen molar-refractivity contribution in [2.75, 3.05) is 18.0 Å². The number of halogens is 1. The Morgan fingerprint density at radius 1 is 1.42 bits per heavy atom. The molecular formula is C16H17FN4O3. The third kappa shape index (κ3) is 2.17. The van der Waals surface area contributed by atoms with Gasteiger partial charge in [0.25, 0.3) is 0 Å². The van der Waals surface area contributed by atoms with Crippen LogP contribution in [0.4, 0.5) is 10.2 Å². The zero-order valence-corrected chi connectivity index (χ0v) is 12.9. The molecule has 1 atom stereocenters. The van der Waals surface area contributed by atoms with Gasteiger partial charge in [-0.05, 0) is 25.3 Å². The lowest BCUT2D eigenvalue weighted by Crippen LogP contribution is -2.52. The zero-order valence-electron chi connectivity index (χ0n) is 12.9. The summed E-state index contributed by atoms with van der Waals surface area (Å²) in [4.78, 5) is 29.9. The maximum absolute atomic E-state index is 14.5. The van der Waals surface area contributed by atoms with Crippen molar-refractivity contribution >= 4 is 22.8 Å². The molecule has 1 aliphatic heterocycles. The molecule has 0 spiro atoms. The first-order valence-corrected chi connectivity index (χ1v) is 7.96. The summed E-state index contributed by atoms with van der Waals surface area (Å²) >= 11 is 0. The SMILES string of the molecule is NCC1CCN1c1nc2c(cc1F)c(=O)c(C(=O)O)cn2C1CC1. The number of aromatic nitrogens is 2. The average molecular weight is 332 g/mol. The highest BCUT2D eigenvalue weighted by Gasteiger charge is 2.32. The number of hydrogen-bond donors (Lipinski definition) is 2. The van der Waals surface area contributed by atoms with Crippen LogP contribution in [0.25, 0.3) is 11.0 Å². The van der Waals surface area contributed by atoms with E-state index in [2.05, 4.69) is 4.98 Å². The fourth-order valence-electron chi connectivity index (χ4n) is 3.19. The number of rotatable bonds is 4. The summed E-state index contributed by atoms with van der Waals surface area (Å²) < 4.78 is 16.2. The van der Waals surface area contributed by atoms with Gasteiger partial charge in [0, 0.05) is 31.4 Å². The fraction of sp³-hybridized carbons (Fsp3) is 0.438. The van der Waals surface area contributed by atoms with E-state index in [-0.39, 0.29) is 28.9 Å². The predicted molar refractivity (Wildman–Crippen MR) is 86.0 cm³/mol. The number of hydrogen-bond acceptors (Lipinski definition) is 5. The number of carboxylic acid groups (broad SMARTS) is 1. The van der Waals surface area contributed by atoms with Crippen molar-refractivity contribution in [2.45, 2.75) is 31.3 Å². The molecule has 2 fully saturated rings. The lowest BCUT2D eigenvalue weighted by atomic mass is 10.0. The minimum atomic E-state index is -1.31. The summed E-state index contributed by atoms with van der Waals surface area (Å²) in [5, 5.41) is 9.24. The Morgan fingerprint density at radius 2 is 2.17 bits per heavy atom. The van der Waals surface area contributed by atoms with E-state index >= 15 is 0 Å². The first kappa shape index (κ1) is 15.1. The Balaban J connectivity index is 1.96. The van der Waals surface area contributed by atoms with Crippen molar-refractivity contribution in [1.82, 2.24) is 9.55 Å². The topological polar surface area (TPSA) is 101 Å². The van der Waals surface area contributed by atoms with Crippen LogP contribution in [0, 0.1) is 5.82 Å². The Morgan fingerprint density at radius 3 is 2.71 bits per heavy atom. The molecule has 2 aromatic heterocycles. The quantitative estimate of drug-likeness (QED) is 0.869. The van der Waals surface area contributed by atoms with E-state index in [1.54, 1.807) is 9.47 Å². The van der Waals surface area contributed by atoms with Crippen molar-refractivity contribution in [1.29, 1.82) is 0 Å². The number of pyridine rings is 2. The fourth-order valence-corrected chi connectivity index (χ4v) is 3.19. The number of aromatic carboxylic acids is 1. The molecule has 1 saturated carbocycles. The van der Waals surface area contributed by atoms with Crippen molar-refractivity contribution in [3.63, 3.8) is 0 Å². The van der Waals surface area contributed by atoms with E-state index in [0.717, 1.165) is 25.3 Å². The van der Waals surface area contributed by atoms with E-state index in [0.29, 0.717) is 18.7 Å². The lowest BCUT2D eigenvalue weighted by molar-refractivity contribution is 0.0695.